The average molecular weight is 195 g/mol. The van der Waals surface area contributed by atoms with Gasteiger partial charge in [-0.3, -0.25) is 9.18 Å². The van der Waals surface area contributed by atoms with Crippen LogP contribution in [0.4, 0.5) is 4.39 Å². The van der Waals surface area contributed by atoms with Gasteiger partial charge in [-0.2, -0.15) is 11.8 Å². The molecule has 0 fully saturated rings. The average Bonchev–Trinajstić information content (AvgIpc) is 1.99. The van der Waals surface area contributed by atoms with Crippen molar-refractivity contribution < 1.29 is 14.3 Å². The van der Waals surface area contributed by atoms with E-state index < -0.39 is 23.4 Å². The molecule has 5 heteroatoms. The molecule has 3 N–H and O–H groups in total. The number of carbonyl (C=O) groups is 1. The van der Waals surface area contributed by atoms with Crippen LogP contribution in [0.5, 0.6) is 0 Å². The molecule has 0 amide bonds. The highest BCUT2D eigenvalue weighted by Gasteiger charge is 2.32. The molecule has 0 bridgehead atoms. The molecule has 0 aromatic rings. The number of hydrogen-bond donors (Lipinski definition) is 2. The maximum absolute atomic E-state index is 11.8. The highest BCUT2D eigenvalue weighted by molar-refractivity contribution is 8.00. The number of carboxylic acids is 1. The smallest absolute Gasteiger partial charge is 0.321 e. The monoisotopic (exact) mass is 195 g/mol. The van der Waals surface area contributed by atoms with Gasteiger partial charge in [0.05, 0.1) is 6.67 Å². The minimum absolute atomic E-state index is 0.286. The number of alkyl halides is 1. The van der Waals surface area contributed by atoms with Crippen LogP contribution >= 0.6 is 11.8 Å². The standard InChI is InChI=1S/C7H14FNO2S/c1-7(2,12-4-3-8)5(9)6(10)11/h5H,3-4,9H2,1-2H3,(H,10,11)/t5-/m1/s1. The molecule has 1 atom stereocenters. The van der Waals surface area contributed by atoms with Gasteiger partial charge in [-0.25, -0.2) is 0 Å². The number of carboxylic acid groups (broad SMARTS) is 1. The molecule has 0 aliphatic carbocycles. The predicted octanol–water partition coefficient (Wildman–Crippen LogP) is 0.880. The number of halogens is 1. The van der Waals surface area contributed by atoms with Crippen LogP contribution < -0.4 is 5.73 Å². The fraction of sp³-hybridized carbons (Fsp3) is 0.857. The minimum atomic E-state index is -1.05. The van der Waals surface area contributed by atoms with Gasteiger partial charge in [-0.05, 0) is 13.8 Å². The third kappa shape index (κ3) is 3.40. The Morgan fingerprint density at radius 1 is 1.75 bits per heavy atom. The van der Waals surface area contributed by atoms with Gasteiger partial charge in [0.15, 0.2) is 0 Å². The first-order valence-electron chi connectivity index (χ1n) is 3.60. The lowest BCUT2D eigenvalue weighted by Gasteiger charge is -2.27. The molecule has 0 aromatic heterocycles. The van der Waals surface area contributed by atoms with E-state index >= 15 is 0 Å². The Morgan fingerprint density at radius 2 is 2.25 bits per heavy atom. The highest BCUT2D eigenvalue weighted by Crippen LogP contribution is 2.26. The molecule has 0 unspecified atom stereocenters. The first-order valence-corrected chi connectivity index (χ1v) is 4.58. The fourth-order valence-electron chi connectivity index (χ4n) is 0.689. The Labute approximate surface area is 75.5 Å². The van der Waals surface area contributed by atoms with Gasteiger partial charge in [-0.1, -0.05) is 0 Å². The van der Waals surface area contributed by atoms with E-state index in [4.69, 9.17) is 10.8 Å². The topological polar surface area (TPSA) is 63.3 Å². The summed E-state index contributed by atoms with van der Waals surface area (Å²) in [4.78, 5) is 10.5. The van der Waals surface area contributed by atoms with Crippen LogP contribution in [-0.4, -0.2) is 34.3 Å². The molecule has 12 heavy (non-hydrogen) atoms. The molecule has 0 aromatic carbocycles. The summed E-state index contributed by atoms with van der Waals surface area (Å²) < 4.78 is 11.2. The second-order valence-corrected chi connectivity index (χ2v) is 4.71. The summed E-state index contributed by atoms with van der Waals surface area (Å²) in [6, 6.07) is -0.950. The summed E-state index contributed by atoms with van der Waals surface area (Å²) in [5.41, 5.74) is 5.39. The van der Waals surface area contributed by atoms with Crippen molar-refractivity contribution in [3.8, 4) is 0 Å². The minimum Gasteiger partial charge on any atom is -0.480 e. The maximum Gasteiger partial charge on any atom is 0.321 e. The maximum atomic E-state index is 11.8. The molecule has 72 valence electrons. The lowest BCUT2D eigenvalue weighted by Crippen LogP contribution is -2.46. The van der Waals surface area contributed by atoms with E-state index in [0.717, 1.165) is 0 Å². The highest BCUT2D eigenvalue weighted by atomic mass is 32.2. The summed E-state index contributed by atoms with van der Waals surface area (Å²) in [6.07, 6.45) is 0. The van der Waals surface area contributed by atoms with Crippen LogP contribution in [0.3, 0.4) is 0 Å². The molecule has 0 aliphatic heterocycles. The Hall–Kier alpha value is -0.290. The quantitative estimate of drug-likeness (QED) is 0.683. The molecule has 0 rings (SSSR count). The zero-order chi connectivity index (χ0) is 9.78. The SMILES string of the molecule is CC(C)(SCCF)[C@H](N)C(=O)O. The van der Waals surface area contributed by atoms with Gasteiger partial charge in [0.2, 0.25) is 0 Å². The second kappa shape index (κ2) is 4.67. The first-order chi connectivity index (χ1) is 5.41. The van der Waals surface area contributed by atoms with Gasteiger partial charge in [-0.15, -0.1) is 0 Å². The summed E-state index contributed by atoms with van der Waals surface area (Å²) in [5.74, 6) is -0.764. The molecule has 0 radical (unpaired) electrons. The summed E-state index contributed by atoms with van der Waals surface area (Å²) in [5, 5.41) is 8.58. The molecular formula is C7H14FNO2S. The van der Waals surface area contributed by atoms with E-state index in [1.807, 2.05) is 0 Å². The van der Waals surface area contributed by atoms with Gasteiger partial charge >= 0.3 is 5.97 Å². The Bertz CT molecular complexity index is 163. The third-order valence-corrected chi connectivity index (χ3v) is 2.92. The van der Waals surface area contributed by atoms with Gasteiger partial charge in [0.25, 0.3) is 0 Å². The van der Waals surface area contributed by atoms with Gasteiger partial charge in [0, 0.05) is 10.5 Å². The summed E-state index contributed by atoms with van der Waals surface area (Å²) in [7, 11) is 0. The molecule has 0 saturated carbocycles. The largest absolute Gasteiger partial charge is 0.480 e. The van der Waals surface area contributed by atoms with E-state index in [0.29, 0.717) is 0 Å². The fourth-order valence-corrected chi connectivity index (χ4v) is 1.57. The van der Waals surface area contributed by atoms with Crippen LogP contribution in [-0.2, 0) is 4.79 Å². The third-order valence-electron chi connectivity index (χ3n) is 1.57. The van der Waals surface area contributed by atoms with E-state index in [9.17, 15) is 9.18 Å². The van der Waals surface area contributed by atoms with Crippen LogP contribution in [0.1, 0.15) is 13.8 Å². The van der Waals surface area contributed by atoms with Gasteiger partial charge < -0.3 is 10.8 Å². The summed E-state index contributed by atoms with van der Waals surface area (Å²) in [6.45, 7) is 2.94. The van der Waals surface area contributed by atoms with Crippen LogP contribution in [0, 0.1) is 0 Å². The van der Waals surface area contributed by atoms with Crippen molar-refractivity contribution >= 4 is 17.7 Å². The number of thioether (sulfide) groups is 1. The van der Waals surface area contributed by atoms with E-state index in [1.54, 1.807) is 13.8 Å². The number of nitrogens with two attached hydrogens (primary N) is 1. The van der Waals surface area contributed by atoms with Crippen molar-refractivity contribution in [1.29, 1.82) is 0 Å². The molecule has 0 saturated heterocycles. The lowest BCUT2D eigenvalue weighted by atomic mass is 10.1. The molecular weight excluding hydrogens is 181 g/mol. The Kier molecular flexibility index (Phi) is 4.55. The van der Waals surface area contributed by atoms with Crippen molar-refractivity contribution in [2.75, 3.05) is 12.4 Å². The predicted molar refractivity (Wildman–Crippen MR) is 48.1 cm³/mol. The van der Waals surface area contributed by atoms with Crippen molar-refractivity contribution in [1.82, 2.24) is 0 Å². The zero-order valence-corrected chi connectivity index (χ0v) is 8.03. The van der Waals surface area contributed by atoms with Crippen molar-refractivity contribution in [2.45, 2.75) is 24.6 Å². The zero-order valence-electron chi connectivity index (χ0n) is 7.21. The molecule has 0 heterocycles. The van der Waals surface area contributed by atoms with Crippen molar-refractivity contribution in [2.24, 2.45) is 5.73 Å². The van der Waals surface area contributed by atoms with Crippen LogP contribution in [0.2, 0.25) is 0 Å². The van der Waals surface area contributed by atoms with E-state index in [-0.39, 0.29) is 5.75 Å². The number of aliphatic carboxylic acids is 1. The van der Waals surface area contributed by atoms with Crippen LogP contribution in [0.15, 0.2) is 0 Å². The van der Waals surface area contributed by atoms with Crippen molar-refractivity contribution in [3.63, 3.8) is 0 Å². The molecule has 3 nitrogen and oxygen atoms in total. The van der Waals surface area contributed by atoms with E-state index in [1.165, 1.54) is 11.8 Å². The Balaban J connectivity index is 4.08. The Morgan fingerprint density at radius 3 is 2.58 bits per heavy atom. The summed E-state index contributed by atoms with van der Waals surface area (Å²) >= 11 is 1.23. The number of hydrogen-bond acceptors (Lipinski definition) is 3. The second-order valence-electron chi connectivity index (χ2n) is 2.96. The number of rotatable bonds is 5. The molecule has 0 spiro atoms. The normalized spacial score (nSPS) is 14.3. The van der Waals surface area contributed by atoms with Crippen LogP contribution in [0.25, 0.3) is 0 Å². The van der Waals surface area contributed by atoms with E-state index in [2.05, 4.69) is 0 Å². The van der Waals surface area contributed by atoms with Gasteiger partial charge in [0.1, 0.15) is 6.04 Å². The lowest BCUT2D eigenvalue weighted by molar-refractivity contribution is -0.139. The van der Waals surface area contributed by atoms with Crippen molar-refractivity contribution in [3.05, 3.63) is 0 Å². The molecule has 0 aliphatic rings. The first kappa shape index (κ1) is 11.7.